The van der Waals surface area contributed by atoms with Crippen molar-refractivity contribution in [3.05, 3.63) is 17.5 Å². The monoisotopic (exact) mass is 254 g/mol. The lowest BCUT2D eigenvalue weighted by Crippen LogP contribution is -2.45. The summed E-state index contributed by atoms with van der Waals surface area (Å²) in [5, 5.41) is 14.9. The number of nitrogens with two attached hydrogens (primary N) is 1. The van der Waals surface area contributed by atoms with Crippen LogP contribution in [0.5, 0.6) is 0 Å². The lowest BCUT2D eigenvalue weighted by molar-refractivity contribution is -0.140. The van der Waals surface area contributed by atoms with Crippen molar-refractivity contribution in [1.29, 1.82) is 0 Å². The van der Waals surface area contributed by atoms with Gasteiger partial charge in [0.2, 0.25) is 5.91 Å². The molecule has 0 fully saturated rings. The largest absolute Gasteiger partial charge is 0.480 e. The molecule has 98 valence electrons. The lowest BCUT2D eigenvalue weighted by atomic mass is 10.2. The second-order valence-corrected chi connectivity index (χ2v) is 3.85. The summed E-state index contributed by atoms with van der Waals surface area (Å²) < 4.78 is 1.03. The maximum absolute atomic E-state index is 11.7. The van der Waals surface area contributed by atoms with Crippen LogP contribution in [0.15, 0.2) is 6.07 Å². The Bertz CT molecular complexity index is 494. The van der Waals surface area contributed by atoms with Crippen LogP contribution in [0.4, 0.5) is 4.79 Å². The van der Waals surface area contributed by atoms with Crippen LogP contribution in [0, 0.1) is 13.8 Å². The molecular formula is C10H14N4O4. The highest BCUT2D eigenvalue weighted by Gasteiger charge is 2.23. The van der Waals surface area contributed by atoms with E-state index in [-0.39, 0.29) is 0 Å². The van der Waals surface area contributed by atoms with Crippen LogP contribution < -0.4 is 11.1 Å². The van der Waals surface area contributed by atoms with Crippen LogP contribution in [0.2, 0.25) is 0 Å². The van der Waals surface area contributed by atoms with Crippen LogP contribution in [0.1, 0.15) is 17.8 Å². The molecule has 0 aliphatic rings. The van der Waals surface area contributed by atoms with Crippen molar-refractivity contribution in [3.63, 3.8) is 0 Å². The van der Waals surface area contributed by atoms with Crippen molar-refractivity contribution >= 4 is 17.9 Å². The van der Waals surface area contributed by atoms with Gasteiger partial charge < -0.3 is 16.2 Å². The van der Waals surface area contributed by atoms with Gasteiger partial charge in [0.25, 0.3) is 0 Å². The first kappa shape index (κ1) is 13.7. The van der Waals surface area contributed by atoms with Gasteiger partial charge in [-0.25, -0.2) is 9.59 Å². The fourth-order valence-corrected chi connectivity index (χ4v) is 1.45. The van der Waals surface area contributed by atoms with E-state index in [0.29, 0.717) is 11.4 Å². The van der Waals surface area contributed by atoms with Gasteiger partial charge in [-0.05, 0) is 19.9 Å². The predicted molar refractivity (Wildman–Crippen MR) is 60.9 cm³/mol. The molecule has 0 spiro atoms. The molecule has 8 nitrogen and oxygen atoms in total. The van der Waals surface area contributed by atoms with Crippen LogP contribution in [0.3, 0.4) is 0 Å². The highest BCUT2D eigenvalue weighted by Crippen LogP contribution is 2.02. The summed E-state index contributed by atoms with van der Waals surface area (Å²) in [4.78, 5) is 33.3. The average molecular weight is 254 g/mol. The van der Waals surface area contributed by atoms with E-state index in [9.17, 15) is 14.4 Å². The number of aryl methyl sites for hydroxylation is 2. The molecule has 0 unspecified atom stereocenters. The number of carboxylic acids is 1. The second-order valence-electron chi connectivity index (χ2n) is 3.85. The van der Waals surface area contributed by atoms with Crippen LogP contribution >= 0.6 is 0 Å². The van der Waals surface area contributed by atoms with Crippen molar-refractivity contribution in [2.75, 3.05) is 0 Å². The number of nitrogens with zero attached hydrogens (tertiary/aromatic N) is 2. The average Bonchev–Trinajstić information content (AvgIpc) is 2.56. The quantitative estimate of drug-likeness (QED) is 0.660. The molecule has 4 N–H and O–H groups in total. The van der Waals surface area contributed by atoms with Crippen molar-refractivity contribution in [2.45, 2.75) is 26.3 Å². The summed E-state index contributed by atoms with van der Waals surface area (Å²) in [5.74, 6) is -2.14. The van der Waals surface area contributed by atoms with E-state index in [0.717, 1.165) is 4.68 Å². The first-order chi connectivity index (χ1) is 8.31. The number of aromatic nitrogens is 2. The third-order valence-electron chi connectivity index (χ3n) is 2.20. The van der Waals surface area contributed by atoms with Crippen LogP contribution in [-0.2, 0) is 9.59 Å². The van der Waals surface area contributed by atoms with Crippen LogP contribution in [0.25, 0.3) is 0 Å². The van der Waals surface area contributed by atoms with Gasteiger partial charge in [0, 0.05) is 5.69 Å². The third kappa shape index (κ3) is 3.30. The van der Waals surface area contributed by atoms with Gasteiger partial charge in [-0.3, -0.25) is 4.79 Å². The molecule has 1 atom stereocenters. The number of rotatable bonds is 4. The van der Waals surface area contributed by atoms with Gasteiger partial charge >= 0.3 is 12.0 Å². The van der Waals surface area contributed by atoms with Crippen molar-refractivity contribution in [1.82, 2.24) is 15.1 Å². The Morgan fingerprint density at radius 3 is 2.50 bits per heavy atom. The summed E-state index contributed by atoms with van der Waals surface area (Å²) in [6.45, 7) is 3.36. The number of primary amides is 1. The summed E-state index contributed by atoms with van der Waals surface area (Å²) in [7, 11) is 0. The highest BCUT2D eigenvalue weighted by atomic mass is 16.4. The van der Waals surface area contributed by atoms with E-state index in [1.807, 2.05) is 0 Å². The van der Waals surface area contributed by atoms with E-state index < -0.39 is 30.4 Å². The zero-order chi connectivity index (χ0) is 13.9. The number of amides is 2. The second kappa shape index (κ2) is 5.30. The third-order valence-corrected chi connectivity index (χ3v) is 2.20. The lowest BCUT2D eigenvalue weighted by Gasteiger charge is -2.13. The van der Waals surface area contributed by atoms with E-state index in [1.165, 1.54) is 0 Å². The van der Waals surface area contributed by atoms with E-state index in [1.54, 1.807) is 19.9 Å². The maximum Gasteiger partial charge on any atom is 0.343 e. The first-order valence-electron chi connectivity index (χ1n) is 5.16. The Kier molecular flexibility index (Phi) is 4.03. The Morgan fingerprint density at radius 1 is 1.50 bits per heavy atom. The Hall–Kier alpha value is -2.38. The molecule has 1 aromatic heterocycles. The van der Waals surface area contributed by atoms with Crippen molar-refractivity contribution in [3.8, 4) is 0 Å². The van der Waals surface area contributed by atoms with Gasteiger partial charge in [-0.1, -0.05) is 0 Å². The molecule has 1 aromatic rings. The molecule has 2 amide bonds. The highest BCUT2D eigenvalue weighted by molar-refractivity contribution is 5.88. The van der Waals surface area contributed by atoms with Gasteiger partial charge in [-0.2, -0.15) is 9.78 Å². The number of hydrogen-bond donors (Lipinski definition) is 3. The molecule has 8 heteroatoms. The summed E-state index contributed by atoms with van der Waals surface area (Å²) in [5.41, 5.74) is 6.10. The van der Waals surface area contributed by atoms with Gasteiger partial charge in [-0.15, -0.1) is 0 Å². The summed E-state index contributed by atoms with van der Waals surface area (Å²) in [6, 6.07) is -0.406. The number of carbonyl (C=O) groups is 3. The molecule has 0 saturated carbocycles. The van der Waals surface area contributed by atoms with Crippen LogP contribution in [-0.4, -0.2) is 38.8 Å². The van der Waals surface area contributed by atoms with Crippen molar-refractivity contribution in [2.24, 2.45) is 5.73 Å². The zero-order valence-electron chi connectivity index (χ0n) is 10.0. The molecule has 0 bridgehead atoms. The van der Waals surface area contributed by atoms with E-state index >= 15 is 0 Å². The number of nitrogens with one attached hydrogen (secondary N) is 1. The molecule has 0 saturated heterocycles. The topological polar surface area (TPSA) is 127 Å². The number of carboxylic acid groups (broad SMARTS) is 1. The normalized spacial score (nSPS) is 11.9. The zero-order valence-corrected chi connectivity index (χ0v) is 10.0. The molecular weight excluding hydrogens is 240 g/mol. The Labute approximate surface area is 103 Å². The first-order valence-corrected chi connectivity index (χ1v) is 5.16. The Morgan fingerprint density at radius 2 is 2.11 bits per heavy atom. The standard InChI is InChI=1S/C10H14N4O4/c1-5-3-6(2)14(13-5)10(18)12-7(9(16)17)4-8(11)15/h3,7H,4H2,1-2H3,(H2,11,15)(H,12,18)(H,16,17)/t7-/m0/s1. The van der Waals surface area contributed by atoms with Gasteiger partial charge in [0.05, 0.1) is 12.1 Å². The van der Waals surface area contributed by atoms with Gasteiger partial charge in [0.15, 0.2) is 0 Å². The predicted octanol–water partition coefficient (Wildman–Crippen LogP) is -0.614. The summed E-state index contributed by atoms with van der Waals surface area (Å²) >= 11 is 0. The van der Waals surface area contributed by atoms with Gasteiger partial charge in [0.1, 0.15) is 6.04 Å². The molecule has 18 heavy (non-hydrogen) atoms. The van der Waals surface area contributed by atoms with E-state index in [4.69, 9.17) is 10.8 Å². The van der Waals surface area contributed by atoms with Crippen molar-refractivity contribution < 1.29 is 19.5 Å². The minimum absolute atomic E-state index is 0.472. The fourth-order valence-electron chi connectivity index (χ4n) is 1.45. The fraction of sp³-hybridized carbons (Fsp3) is 0.400. The SMILES string of the molecule is Cc1cc(C)n(C(=O)N[C@@H](CC(N)=O)C(=O)O)n1. The number of aliphatic carboxylic acids is 1. The molecule has 0 aliphatic carbocycles. The summed E-state index contributed by atoms with van der Waals surface area (Å²) in [6.07, 6.45) is -0.472. The molecule has 0 aliphatic heterocycles. The molecule has 1 rings (SSSR count). The number of hydrogen-bond acceptors (Lipinski definition) is 4. The van der Waals surface area contributed by atoms with E-state index in [2.05, 4.69) is 10.4 Å². The maximum atomic E-state index is 11.7. The minimum Gasteiger partial charge on any atom is -0.480 e. The Balaban J connectivity index is 2.81. The number of carbonyl (C=O) groups excluding carboxylic acids is 2. The smallest absolute Gasteiger partial charge is 0.343 e. The molecule has 0 radical (unpaired) electrons. The molecule has 1 heterocycles. The molecule has 0 aromatic carbocycles. The minimum atomic E-state index is -1.36.